The molecule has 6 aromatic carbocycles. The van der Waals surface area contributed by atoms with E-state index < -0.39 is 55.3 Å². The SMILES string of the molecule is O=S(=O)(c1ccc(Cc2cc(-c3cnc(C4=CCN(S(=O)(=O)c5ccc(-c6cc(-c7cnc(C8=CCN(c9ccccn9)CC8)[nH]7)cc(C(F)(F)F)c6)c6ccccc56)CC4)[nH]3)cc(C(F)(F)F)c2)cc1)N1CCC(c2ncc(-c3cccc(C(F)(F)F)c3)[nH]2)CC1. The Hall–Kier alpha value is -9.17. The van der Waals surface area contributed by atoms with Gasteiger partial charge in [-0.1, -0.05) is 72.8 Å². The van der Waals surface area contributed by atoms with Gasteiger partial charge in [-0.05, 0) is 150 Å². The van der Waals surface area contributed by atoms with Crippen LogP contribution >= 0.6 is 0 Å². The van der Waals surface area contributed by atoms with Crippen molar-refractivity contribution in [3.8, 4) is 44.9 Å². The molecule has 0 saturated carbocycles. The van der Waals surface area contributed by atoms with Crippen LogP contribution in [0.1, 0.15) is 76.9 Å². The number of aromatic amines is 3. The van der Waals surface area contributed by atoms with Crippen molar-refractivity contribution >= 4 is 47.8 Å². The molecule has 13 rings (SSSR count). The number of benzene rings is 6. The molecule has 3 aliphatic heterocycles. The average Bonchev–Trinajstić information content (AvgIpc) is 0.774. The van der Waals surface area contributed by atoms with Crippen molar-refractivity contribution in [1.82, 2.24) is 43.5 Å². The number of H-pyrrole nitrogens is 3. The second-order valence-electron chi connectivity index (χ2n) is 22.9. The number of halogens is 9. The molecule has 10 aromatic rings. The molecule has 0 atom stereocenters. The maximum Gasteiger partial charge on any atom is 0.416 e. The van der Waals surface area contributed by atoms with Gasteiger partial charge in [0.1, 0.15) is 23.3 Å². The fraction of sp³-hybridized carbons (Fsp3) is 0.224. The Morgan fingerprint density at radius 2 is 1.08 bits per heavy atom. The second kappa shape index (κ2) is 24.1. The van der Waals surface area contributed by atoms with E-state index in [0.717, 1.165) is 47.8 Å². The highest BCUT2D eigenvalue weighted by atomic mass is 32.2. The third-order valence-corrected chi connectivity index (χ3v) is 20.9. The number of rotatable bonds is 14. The number of pyridine rings is 1. The maximum absolute atomic E-state index is 14.7. The van der Waals surface area contributed by atoms with Gasteiger partial charge in [0.05, 0.1) is 62.2 Å². The van der Waals surface area contributed by atoms with E-state index in [9.17, 15) is 56.3 Å². The minimum Gasteiger partial charge on any atom is -0.353 e. The molecule has 0 bridgehead atoms. The summed E-state index contributed by atoms with van der Waals surface area (Å²) in [6.45, 7) is 1.44. The van der Waals surface area contributed by atoms with Gasteiger partial charge in [-0.2, -0.15) is 48.1 Å². The van der Waals surface area contributed by atoms with Crippen LogP contribution in [0.4, 0.5) is 45.3 Å². The van der Waals surface area contributed by atoms with Crippen LogP contribution in [0.15, 0.2) is 186 Å². The predicted octanol–water partition coefficient (Wildman–Crippen LogP) is 15.1. The van der Waals surface area contributed by atoms with Crippen LogP contribution in [0.25, 0.3) is 66.8 Å². The van der Waals surface area contributed by atoms with Gasteiger partial charge in [0, 0.05) is 73.5 Å². The van der Waals surface area contributed by atoms with Gasteiger partial charge in [-0.3, -0.25) is 0 Å². The number of sulfonamides is 2. The summed E-state index contributed by atoms with van der Waals surface area (Å²) < 4.78 is 187. The largest absolute Gasteiger partial charge is 0.416 e. The van der Waals surface area contributed by atoms with Crippen molar-refractivity contribution in [3.63, 3.8) is 0 Å². The summed E-state index contributed by atoms with van der Waals surface area (Å²) in [6, 6.07) is 33.3. The number of piperidine rings is 1. The Kier molecular flexibility index (Phi) is 16.2. The Balaban J connectivity index is 0.679. The van der Waals surface area contributed by atoms with E-state index in [-0.39, 0.29) is 82.7 Å². The molecule has 92 heavy (non-hydrogen) atoms. The molecule has 7 heterocycles. The lowest BCUT2D eigenvalue weighted by Gasteiger charge is -2.30. The topological polar surface area (TPSA) is 177 Å². The molecule has 25 heteroatoms. The highest BCUT2D eigenvalue weighted by Gasteiger charge is 2.36. The fourth-order valence-electron chi connectivity index (χ4n) is 12.2. The summed E-state index contributed by atoms with van der Waals surface area (Å²) in [7, 11) is -8.22. The summed E-state index contributed by atoms with van der Waals surface area (Å²) >= 11 is 0. The second-order valence-corrected chi connectivity index (χ2v) is 26.7. The van der Waals surface area contributed by atoms with Crippen LogP contribution in [-0.2, 0) is 45.0 Å². The van der Waals surface area contributed by atoms with Gasteiger partial charge in [0.25, 0.3) is 0 Å². The van der Waals surface area contributed by atoms with Crippen molar-refractivity contribution in [1.29, 1.82) is 0 Å². The number of hydrogen-bond donors (Lipinski definition) is 3. The number of imidazole rings is 3. The van der Waals surface area contributed by atoms with E-state index in [1.165, 1.54) is 57.5 Å². The zero-order chi connectivity index (χ0) is 64.3. The van der Waals surface area contributed by atoms with Crippen molar-refractivity contribution in [2.24, 2.45) is 0 Å². The molecular weight excluding hydrogens is 1240 g/mol. The van der Waals surface area contributed by atoms with Crippen LogP contribution in [0.2, 0.25) is 0 Å². The predicted molar refractivity (Wildman–Crippen MR) is 330 cm³/mol. The van der Waals surface area contributed by atoms with Gasteiger partial charge < -0.3 is 19.9 Å². The minimum absolute atomic E-state index is 0.000870. The standard InChI is InChI=1S/C67H55F9N10O4S2/c68-65(69,70)50-7-5-6-46(34-50)57-38-78-63(81-57)44-19-26-85(27-20-44)91(87,88)53-13-11-41(12-14-53)30-42-31-48(36-51(32-42)66(71,72)73)58-39-79-64(82-58)45-21-28-86(29-22-45)92(89,90)60-16-15-54(55-8-1-2-9-56(55)60)47-33-49(37-52(35-47)67(74,75)76)59-40-80-62(83-59)43-17-24-84(25-18-43)61-10-3-4-23-77-61/h1-17,21,23,31-40,44H,18-20,22,24-30H2,(H,78,81)(H,79,82)(H,80,83). The lowest BCUT2D eigenvalue weighted by molar-refractivity contribution is -0.138. The quantitative estimate of drug-likeness (QED) is 0.0894. The molecule has 1 fully saturated rings. The highest BCUT2D eigenvalue weighted by Crippen LogP contribution is 2.42. The molecule has 0 radical (unpaired) electrons. The van der Waals surface area contributed by atoms with Crippen molar-refractivity contribution < 1.29 is 56.3 Å². The number of anilines is 1. The summed E-state index contributed by atoms with van der Waals surface area (Å²) in [5.41, 5.74) is 2.07. The van der Waals surface area contributed by atoms with Gasteiger partial charge in [-0.25, -0.2) is 36.8 Å². The zero-order valence-corrected chi connectivity index (χ0v) is 50.2. The van der Waals surface area contributed by atoms with Crippen LogP contribution < -0.4 is 4.90 Å². The number of hydrogen-bond acceptors (Lipinski definition) is 9. The lowest BCUT2D eigenvalue weighted by Crippen LogP contribution is -2.38. The van der Waals surface area contributed by atoms with Crippen molar-refractivity contribution in [3.05, 3.63) is 222 Å². The maximum atomic E-state index is 14.7. The smallest absolute Gasteiger partial charge is 0.353 e. The minimum atomic E-state index is -4.74. The molecular formula is C67H55F9N10O4S2. The average molecular weight is 1300 g/mol. The molecule has 472 valence electrons. The molecule has 1 saturated heterocycles. The fourth-order valence-corrected chi connectivity index (χ4v) is 15.2. The van der Waals surface area contributed by atoms with Crippen LogP contribution in [-0.4, -0.2) is 99.6 Å². The van der Waals surface area contributed by atoms with Gasteiger partial charge in [0.2, 0.25) is 20.0 Å². The zero-order valence-electron chi connectivity index (χ0n) is 48.6. The van der Waals surface area contributed by atoms with Gasteiger partial charge in [0.15, 0.2) is 0 Å². The summed E-state index contributed by atoms with van der Waals surface area (Å²) in [5.74, 6) is 2.05. The molecule has 0 unspecified atom stereocenters. The highest BCUT2D eigenvalue weighted by molar-refractivity contribution is 7.89. The molecule has 3 N–H and O–H groups in total. The molecule has 14 nitrogen and oxygen atoms in total. The third kappa shape index (κ3) is 12.6. The first-order valence-corrected chi connectivity index (χ1v) is 32.2. The van der Waals surface area contributed by atoms with Crippen molar-refractivity contribution in [2.75, 3.05) is 44.2 Å². The van der Waals surface area contributed by atoms with E-state index in [4.69, 9.17) is 0 Å². The number of aromatic nitrogens is 7. The first-order chi connectivity index (χ1) is 43.9. The summed E-state index contributed by atoms with van der Waals surface area (Å²) in [5, 5.41) is 0.703. The lowest BCUT2D eigenvalue weighted by atomic mass is 9.94. The first-order valence-electron chi connectivity index (χ1n) is 29.4. The van der Waals surface area contributed by atoms with Crippen LogP contribution in [0.3, 0.4) is 0 Å². The Bertz CT molecular complexity index is 4720. The van der Waals surface area contributed by atoms with E-state index >= 15 is 0 Å². The van der Waals surface area contributed by atoms with E-state index in [0.29, 0.717) is 94.2 Å². The van der Waals surface area contributed by atoms with Gasteiger partial charge >= 0.3 is 18.5 Å². The number of nitrogens with zero attached hydrogens (tertiary/aromatic N) is 7. The van der Waals surface area contributed by atoms with Crippen LogP contribution in [0, 0.1) is 0 Å². The molecule has 0 amide bonds. The van der Waals surface area contributed by atoms with Gasteiger partial charge in [-0.15, -0.1) is 0 Å². The van der Waals surface area contributed by atoms with E-state index in [1.807, 2.05) is 24.3 Å². The molecule has 4 aromatic heterocycles. The van der Waals surface area contributed by atoms with Crippen LogP contribution in [0.5, 0.6) is 0 Å². The monoisotopic (exact) mass is 1300 g/mol. The summed E-state index contributed by atoms with van der Waals surface area (Å²) in [6.07, 6.45) is -2.62. The van der Waals surface area contributed by atoms with Crippen molar-refractivity contribution in [2.45, 2.75) is 66.3 Å². The summed E-state index contributed by atoms with van der Waals surface area (Å²) in [4.78, 5) is 29.4. The third-order valence-electron chi connectivity index (χ3n) is 17.0. The Morgan fingerprint density at radius 3 is 1.71 bits per heavy atom. The first kappa shape index (κ1) is 61.7. The normalized spacial score (nSPS) is 16.1. The number of nitrogens with one attached hydrogen (secondary N) is 3. The molecule has 3 aliphatic rings. The molecule has 0 aliphatic carbocycles. The Labute approximate surface area is 522 Å². The number of alkyl halides is 9. The van der Waals surface area contributed by atoms with E-state index in [2.05, 4.69) is 39.8 Å². The molecule has 0 spiro atoms. The van der Waals surface area contributed by atoms with E-state index in [1.54, 1.807) is 66.9 Å². The Morgan fingerprint density at radius 1 is 0.478 bits per heavy atom. The number of fused-ring (bicyclic) bond motifs is 1.